The summed E-state index contributed by atoms with van der Waals surface area (Å²) in [4.78, 5) is 0. The normalized spacial score (nSPS) is 11.7. The fourth-order valence-electron chi connectivity index (χ4n) is 1.02. The van der Waals surface area contributed by atoms with Crippen molar-refractivity contribution in [3.63, 3.8) is 0 Å². The molecule has 15 heavy (non-hydrogen) atoms. The van der Waals surface area contributed by atoms with Crippen LogP contribution in [0.15, 0.2) is 12.1 Å². The summed E-state index contributed by atoms with van der Waals surface area (Å²) in [6.07, 6.45) is -0.499. The van der Waals surface area contributed by atoms with Gasteiger partial charge in [-0.1, -0.05) is 11.6 Å². The molecule has 2 nitrogen and oxygen atoms in total. The first-order valence-corrected chi connectivity index (χ1v) is 5.79. The Labute approximate surface area is 89.9 Å². The van der Waals surface area contributed by atoms with Crippen LogP contribution in [0.4, 0.5) is 12.7 Å². The molecular formula is C8H6ClF3O2S. The summed E-state index contributed by atoms with van der Waals surface area (Å²) in [5.41, 5.74) is -0.335. The summed E-state index contributed by atoms with van der Waals surface area (Å²) in [6.45, 7) is 0. The van der Waals surface area contributed by atoms with Gasteiger partial charge in [0.2, 0.25) is 0 Å². The van der Waals surface area contributed by atoms with E-state index >= 15 is 0 Å². The van der Waals surface area contributed by atoms with Gasteiger partial charge in [0, 0.05) is 5.56 Å². The van der Waals surface area contributed by atoms with Crippen molar-refractivity contribution < 1.29 is 21.1 Å². The Morgan fingerprint density at radius 3 is 2.27 bits per heavy atom. The van der Waals surface area contributed by atoms with Gasteiger partial charge in [-0.25, -0.2) is 8.78 Å². The first-order valence-electron chi connectivity index (χ1n) is 3.86. The van der Waals surface area contributed by atoms with Crippen molar-refractivity contribution in [3.8, 4) is 0 Å². The zero-order chi connectivity index (χ0) is 11.6. The van der Waals surface area contributed by atoms with E-state index in [4.69, 9.17) is 11.6 Å². The lowest BCUT2D eigenvalue weighted by Gasteiger charge is -2.04. The number of rotatable bonds is 3. The molecule has 1 rings (SSSR count). The molecule has 0 heterocycles. The predicted molar refractivity (Wildman–Crippen MR) is 50.0 cm³/mol. The Morgan fingerprint density at radius 1 is 1.20 bits per heavy atom. The van der Waals surface area contributed by atoms with Gasteiger partial charge in [0.15, 0.2) is 0 Å². The number of hydrogen-bond donors (Lipinski definition) is 0. The third-order valence-corrected chi connectivity index (χ3v) is 2.84. The van der Waals surface area contributed by atoms with Gasteiger partial charge in [0.25, 0.3) is 0 Å². The molecule has 0 aliphatic rings. The molecule has 0 radical (unpaired) electrons. The average Bonchev–Trinajstić information content (AvgIpc) is 2.10. The van der Waals surface area contributed by atoms with Crippen molar-refractivity contribution in [2.45, 2.75) is 6.42 Å². The molecule has 0 bridgehead atoms. The summed E-state index contributed by atoms with van der Waals surface area (Å²) in [5, 5.41) is -0.515. The molecule has 0 aliphatic carbocycles. The average molecular weight is 259 g/mol. The Bertz CT molecular complexity index is 473. The lowest BCUT2D eigenvalue weighted by molar-refractivity contribution is 0.549. The number of benzene rings is 1. The van der Waals surface area contributed by atoms with E-state index in [0.717, 1.165) is 12.1 Å². The SMILES string of the molecule is O=S(=O)(F)CCc1c(F)ccc(F)c1Cl. The summed E-state index contributed by atoms with van der Waals surface area (Å²) < 4.78 is 58.4. The molecule has 1 aromatic rings. The summed E-state index contributed by atoms with van der Waals surface area (Å²) in [5.74, 6) is -2.65. The topological polar surface area (TPSA) is 34.1 Å². The third-order valence-electron chi connectivity index (χ3n) is 1.73. The third kappa shape index (κ3) is 3.39. The monoisotopic (exact) mass is 258 g/mol. The van der Waals surface area contributed by atoms with Crippen LogP contribution in [0, 0.1) is 11.6 Å². The second-order valence-electron chi connectivity index (χ2n) is 2.81. The molecule has 0 saturated carbocycles. The van der Waals surface area contributed by atoms with Gasteiger partial charge in [-0.05, 0) is 18.6 Å². The van der Waals surface area contributed by atoms with Gasteiger partial charge in [-0.15, -0.1) is 3.89 Å². The molecule has 0 aromatic heterocycles. The lowest BCUT2D eigenvalue weighted by atomic mass is 10.1. The van der Waals surface area contributed by atoms with Crippen molar-refractivity contribution in [1.82, 2.24) is 0 Å². The first-order chi connectivity index (χ1) is 6.81. The van der Waals surface area contributed by atoms with Crippen LogP contribution in [0.25, 0.3) is 0 Å². The molecule has 0 N–H and O–H groups in total. The molecule has 1 aromatic carbocycles. The molecule has 0 unspecified atom stereocenters. The van der Waals surface area contributed by atoms with Crippen LogP contribution in [0.2, 0.25) is 5.02 Å². The second-order valence-corrected chi connectivity index (χ2v) is 4.68. The van der Waals surface area contributed by atoms with E-state index in [2.05, 4.69) is 0 Å². The quantitative estimate of drug-likeness (QED) is 0.616. The molecule has 7 heteroatoms. The molecule has 0 saturated heterocycles. The van der Waals surface area contributed by atoms with Gasteiger partial charge < -0.3 is 0 Å². The molecule has 0 atom stereocenters. The van der Waals surface area contributed by atoms with E-state index < -0.39 is 39.1 Å². The van der Waals surface area contributed by atoms with Crippen LogP contribution in [-0.4, -0.2) is 14.2 Å². The Morgan fingerprint density at radius 2 is 1.73 bits per heavy atom. The van der Waals surface area contributed by atoms with Gasteiger partial charge in [0.1, 0.15) is 11.6 Å². The molecule has 0 spiro atoms. The predicted octanol–water partition coefficient (Wildman–Crippen LogP) is 2.46. The molecule has 0 aliphatic heterocycles. The zero-order valence-electron chi connectivity index (χ0n) is 7.31. The largest absolute Gasteiger partial charge is 0.302 e. The molecule has 84 valence electrons. The maximum atomic E-state index is 13.0. The highest BCUT2D eigenvalue weighted by molar-refractivity contribution is 7.86. The van der Waals surface area contributed by atoms with E-state index in [1.54, 1.807) is 0 Å². The molecule has 0 amide bonds. The Balaban J connectivity index is 2.99. The van der Waals surface area contributed by atoms with E-state index in [1.165, 1.54) is 0 Å². The minimum Gasteiger partial charge on any atom is -0.207 e. The standard InChI is InChI=1S/C8H6ClF3O2S/c9-8-5(3-4-15(12,13)14)6(10)1-2-7(8)11/h1-2H,3-4H2. The first kappa shape index (κ1) is 12.3. The summed E-state index contributed by atoms with van der Waals surface area (Å²) in [7, 11) is -4.72. The zero-order valence-corrected chi connectivity index (χ0v) is 8.88. The van der Waals surface area contributed by atoms with Crippen molar-refractivity contribution in [3.05, 3.63) is 34.4 Å². The maximum absolute atomic E-state index is 13.0. The van der Waals surface area contributed by atoms with Gasteiger partial charge >= 0.3 is 10.2 Å². The highest BCUT2D eigenvalue weighted by atomic mass is 35.5. The van der Waals surface area contributed by atoms with Crippen LogP contribution in [0.5, 0.6) is 0 Å². The highest BCUT2D eigenvalue weighted by Gasteiger charge is 2.15. The number of hydrogen-bond acceptors (Lipinski definition) is 2. The summed E-state index contributed by atoms with van der Waals surface area (Å²) in [6, 6.07) is 1.62. The van der Waals surface area contributed by atoms with Crippen molar-refractivity contribution in [1.29, 1.82) is 0 Å². The van der Waals surface area contributed by atoms with E-state index in [-0.39, 0.29) is 5.56 Å². The van der Waals surface area contributed by atoms with Crippen LogP contribution >= 0.6 is 11.6 Å². The smallest absolute Gasteiger partial charge is 0.207 e. The van der Waals surface area contributed by atoms with Crippen LogP contribution < -0.4 is 0 Å². The van der Waals surface area contributed by atoms with Gasteiger partial charge in [-0.2, -0.15) is 8.42 Å². The second kappa shape index (κ2) is 4.40. The lowest BCUT2D eigenvalue weighted by Crippen LogP contribution is -2.05. The minimum absolute atomic E-state index is 0.335. The molecular weight excluding hydrogens is 253 g/mol. The van der Waals surface area contributed by atoms with E-state index in [1.807, 2.05) is 0 Å². The van der Waals surface area contributed by atoms with Crippen molar-refractivity contribution >= 4 is 21.8 Å². The minimum atomic E-state index is -4.72. The van der Waals surface area contributed by atoms with Gasteiger partial charge in [0.05, 0.1) is 10.8 Å². The van der Waals surface area contributed by atoms with Crippen LogP contribution in [0.1, 0.15) is 5.56 Å². The van der Waals surface area contributed by atoms with Crippen LogP contribution in [0.3, 0.4) is 0 Å². The van der Waals surface area contributed by atoms with Gasteiger partial charge in [-0.3, -0.25) is 0 Å². The van der Waals surface area contributed by atoms with Crippen molar-refractivity contribution in [2.24, 2.45) is 0 Å². The summed E-state index contributed by atoms with van der Waals surface area (Å²) >= 11 is 5.40. The van der Waals surface area contributed by atoms with Crippen molar-refractivity contribution in [2.75, 3.05) is 5.75 Å². The maximum Gasteiger partial charge on any atom is 0.302 e. The highest BCUT2D eigenvalue weighted by Crippen LogP contribution is 2.23. The van der Waals surface area contributed by atoms with E-state index in [0.29, 0.717) is 0 Å². The Hall–Kier alpha value is -0.750. The Kier molecular flexibility index (Phi) is 3.62. The fourth-order valence-corrected chi connectivity index (χ4v) is 1.72. The number of halogens is 4. The molecule has 0 fully saturated rings. The van der Waals surface area contributed by atoms with E-state index in [9.17, 15) is 21.1 Å². The fraction of sp³-hybridized carbons (Fsp3) is 0.250. The van der Waals surface area contributed by atoms with Crippen LogP contribution in [-0.2, 0) is 16.6 Å².